The van der Waals surface area contributed by atoms with E-state index in [0.717, 1.165) is 19.4 Å². The maximum atomic E-state index is 12.2. The number of aromatic nitrogens is 1. The summed E-state index contributed by atoms with van der Waals surface area (Å²) in [4.78, 5) is 12.2. The van der Waals surface area contributed by atoms with Crippen LogP contribution in [0.2, 0.25) is 0 Å². The summed E-state index contributed by atoms with van der Waals surface area (Å²) in [5.41, 5.74) is -0.801. The molecule has 0 bridgehead atoms. The zero-order chi connectivity index (χ0) is 12.5. The summed E-state index contributed by atoms with van der Waals surface area (Å²) < 4.78 is 7.14. The van der Waals surface area contributed by atoms with Gasteiger partial charge in [0.05, 0.1) is 18.2 Å². The first-order chi connectivity index (χ1) is 7.98. The highest BCUT2D eigenvalue weighted by Gasteiger charge is 2.22. The van der Waals surface area contributed by atoms with E-state index in [4.69, 9.17) is 4.74 Å². The van der Waals surface area contributed by atoms with E-state index in [-0.39, 0.29) is 11.7 Å². The standard InChI is InChI=1S/C13H19NO3/c1-13(2,16)11-6-3-7-14(12(11)15)9-10-5-4-8-17-10/h3,6-7,10,16H,4-5,8-9H2,1-2H3. The molecule has 0 aliphatic carbocycles. The minimum Gasteiger partial charge on any atom is -0.386 e. The number of rotatable bonds is 3. The fraction of sp³-hybridized carbons (Fsp3) is 0.615. The van der Waals surface area contributed by atoms with Crippen molar-refractivity contribution in [2.75, 3.05) is 6.61 Å². The Morgan fingerprint density at radius 1 is 1.59 bits per heavy atom. The first kappa shape index (κ1) is 12.3. The Kier molecular flexibility index (Phi) is 3.35. The van der Waals surface area contributed by atoms with Crippen LogP contribution in [0.15, 0.2) is 23.1 Å². The SMILES string of the molecule is CC(C)(O)c1cccn(CC2CCCO2)c1=O. The lowest BCUT2D eigenvalue weighted by Gasteiger charge is -2.19. The summed E-state index contributed by atoms with van der Waals surface area (Å²) in [6.45, 7) is 4.60. The summed E-state index contributed by atoms with van der Waals surface area (Å²) in [5, 5.41) is 9.91. The minimum absolute atomic E-state index is 0.129. The Morgan fingerprint density at radius 2 is 2.35 bits per heavy atom. The number of nitrogens with zero attached hydrogens (tertiary/aromatic N) is 1. The fourth-order valence-corrected chi connectivity index (χ4v) is 2.15. The van der Waals surface area contributed by atoms with Gasteiger partial charge in [0.2, 0.25) is 0 Å². The van der Waals surface area contributed by atoms with Crippen molar-refractivity contribution in [2.45, 2.75) is 44.9 Å². The van der Waals surface area contributed by atoms with Crippen LogP contribution in [0.4, 0.5) is 0 Å². The summed E-state index contributed by atoms with van der Waals surface area (Å²) in [6, 6.07) is 3.47. The molecule has 1 N–H and O–H groups in total. The van der Waals surface area contributed by atoms with Gasteiger partial charge in [-0.1, -0.05) is 0 Å². The first-order valence-corrected chi connectivity index (χ1v) is 6.02. The van der Waals surface area contributed by atoms with Crippen molar-refractivity contribution >= 4 is 0 Å². The zero-order valence-electron chi connectivity index (χ0n) is 10.3. The molecule has 1 aromatic rings. The Bertz CT molecular complexity index is 439. The van der Waals surface area contributed by atoms with Crippen LogP contribution in [0.1, 0.15) is 32.3 Å². The predicted octanol–water partition coefficient (Wildman–Crippen LogP) is 1.25. The van der Waals surface area contributed by atoms with Gasteiger partial charge in [-0.25, -0.2) is 0 Å². The van der Waals surface area contributed by atoms with E-state index in [1.54, 1.807) is 36.7 Å². The molecule has 0 aromatic carbocycles. The zero-order valence-corrected chi connectivity index (χ0v) is 10.3. The third kappa shape index (κ3) is 2.76. The molecule has 4 heteroatoms. The van der Waals surface area contributed by atoms with Crippen molar-refractivity contribution in [3.05, 3.63) is 34.2 Å². The molecule has 1 aliphatic heterocycles. The number of hydrogen-bond acceptors (Lipinski definition) is 3. The van der Waals surface area contributed by atoms with E-state index < -0.39 is 5.60 Å². The topological polar surface area (TPSA) is 51.5 Å². The van der Waals surface area contributed by atoms with Gasteiger partial charge in [-0.2, -0.15) is 0 Å². The molecule has 0 amide bonds. The summed E-state index contributed by atoms with van der Waals surface area (Å²) >= 11 is 0. The average molecular weight is 237 g/mol. The molecule has 1 atom stereocenters. The molecule has 0 spiro atoms. The number of hydrogen-bond donors (Lipinski definition) is 1. The summed E-state index contributed by atoms with van der Waals surface area (Å²) in [6.07, 6.45) is 3.94. The van der Waals surface area contributed by atoms with Crippen LogP contribution in [0.25, 0.3) is 0 Å². The van der Waals surface area contributed by atoms with Crippen LogP contribution in [0.3, 0.4) is 0 Å². The third-order valence-corrected chi connectivity index (χ3v) is 3.10. The lowest BCUT2D eigenvalue weighted by atomic mass is 10.0. The fourth-order valence-electron chi connectivity index (χ4n) is 2.15. The molecule has 1 aliphatic rings. The molecule has 1 aromatic heterocycles. The second kappa shape index (κ2) is 4.63. The first-order valence-electron chi connectivity index (χ1n) is 6.02. The van der Waals surface area contributed by atoms with Crippen LogP contribution in [0.5, 0.6) is 0 Å². The number of ether oxygens (including phenoxy) is 1. The Balaban J connectivity index is 2.26. The summed E-state index contributed by atoms with van der Waals surface area (Å²) in [5.74, 6) is 0. The van der Waals surface area contributed by atoms with Crippen molar-refractivity contribution < 1.29 is 9.84 Å². The lowest BCUT2D eigenvalue weighted by Crippen LogP contribution is -2.33. The van der Waals surface area contributed by atoms with Crippen molar-refractivity contribution in [2.24, 2.45) is 0 Å². The van der Waals surface area contributed by atoms with Gasteiger partial charge in [0.25, 0.3) is 5.56 Å². The molecule has 2 rings (SSSR count). The molecule has 1 saturated heterocycles. The van der Waals surface area contributed by atoms with E-state index in [1.165, 1.54) is 0 Å². The molecular formula is C13H19NO3. The van der Waals surface area contributed by atoms with Crippen LogP contribution in [-0.2, 0) is 16.9 Å². The lowest BCUT2D eigenvalue weighted by molar-refractivity contribution is 0.0743. The number of pyridine rings is 1. The Hall–Kier alpha value is -1.13. The molecule has 2 heterocycles. The van der Waals surface area contributed by atoms with Crippen molar-refractivity contribution in [1.82, 2.24) is 4.57 Å². The molecule has 17 heavy (non-hydrogen) atoms. The number of aliphatic hydroxyl groups is 1. The van der Waals surface area contributed by atoms with Gasteiger partial charge in [-0.05, 0) is 38.8 Å². The van der Waals surface area contributed by atoms with Crippen LogP contribution >= 0.6 is 0 Å². The highest BCUT2D eigenvalue weighted by Crippen LogP contribution is 2.16. The minimum atomic E-state index is -1.10. The van der Waals surface area contributed by atoms with Crippen LogP contribution in [-0.4, -0.2) is 22.4 Å². The third-order valence-electron chi connectivity index (χ3n) is 3.10. The second-order valence-corrected chi connectivity index (χ2v) is 5.07. The Labute approximate surface area is 101 Å². The van der Waals surface area contributed by atoms with Crippen LogP contribution in [0, 0.1) is 0 Å². The van der Waals surface area contributed by atoms with Gasteiger partial charge >= 0.3 is 0 Å². The van der Waals surface area contributed by atoms with E-state index in [9.17, 15) is 9.90 Å². The van der Waals surface area contributed by atoms with E-state index in [1.807, 2.05) is 0 Å². The largest absolute Gasteiger partial charge is 0.386 e. The smallest absolute Gasteiger partial charge is 0.256 e. The maximum absolute atomic E-state index is 12.2. The quantitative estimate of drug-likeness (QED) is 0.861. The average Bonchev–Trinajstić information content (AvgIpc) is 2.72. The second-order valence-electron chi connectivity index (χ2n) is 5.07. The molecule has 4 nitrogen and oxygen atoms in total. The van der Waals surface area contributed by atoms with Gasteiger partial charge in [0.1, 0.15) is 0 Å². The van der Waals surface area contributed by atoms with Crippen LogP contribution < -0.4 is 5.56 Å². The van der Waals surface area contributed by atoms with Crippen molar-refractivity contribution in [3.63, 3.8) is 0 Å². The molecule has 1 fully saturated rings. The highest BCUT2D eigenvalue weighted by atomic mass is 16.5. The van der Waals surface area contributed by atoms with Gasteiger partial charge < -0.3 is 14.4 Å². The van der Waals surface area contributed by atoms with E-state index in [2.05, 4.69) is 0 Å². The maximum Gasteiger partial charge on any atom is 0.256 e. The van der Waals surface area contributed by atoms with Crippen molar-refractivity contribution in [3.8, 4) is 0 Å². The molecule has 1 unspecified atom stereocenters. The molecule has 0 radical (unpaired) electrons. The molecule has 94 valence electrons. The van der Waals surface area contributed by atoms with Gasteiger partial charge in [0, 0.05) is 18.4 Å². The van der Waals surface area contributed by atoms with E-state index >= 15 is 0 Å². The normalized spacial score (nSPS) is 20.8. The summed E-state index contributed by atoms with van der Waals surface area (Å²) in [7, 11) is 0. The van der Waals surface area contributed by atoms with E-state index in [0.29, 0.717) is 12.1 Å². The van der Waals surface area contributed by atoms with Gasteiger partial charge in [-0.15, -0.1) is 0 Å². The van der Waals surface area contributed by atoms with Gasteiger partial charge in [0.15, 0.2) is 0 Å². The molecular weight excluding hydrogens is 218 g/mol. The van der Waals surface area contributed by atoms with Crippen molar-refractivity contribution in [1.29, 1.82) is 0 Å². The Morgan fingerprint density at radius 3 is 2.94 bits per heavy atom. The monoisotopic (exact) mass is 237 g/mol. The predicted molar refractivity (Wildman–Crippen MR) is 64.9 cm³/mol. The highest BCUT2D eigenvalue weighted by molar-refractivity contribution is 5.17. The molecule has 0 saturated carbocycles. The van der Waals surface area contributed by atoms with Gasteiger partial charge in [-0.3, -0.25) is 4.79 Å².